The molecule has 6 nitrogen and oxygen atoms in total. The molecule has 2 aromatic rings. The fraction of sp³-hybridized carbons (Fsp3) is 0.231. The summed E-state index contributed by atoms with van der Waals surface area (Å²) in [6.45, 7) is 0. The van der Waals surface area contributed by atoms with Gasteiger partial charge in [-0.2, -0.15) is 9.97 Å². The minimum absolute atomic E-state index is 0.142. The molecule has 0 radical (unpaired) electrons. The molecule has 0 unspecified atom stereocenters. The van der Waals surface area contributed by atoms with Gasteiger partial charge in [0.05, 0.1) is 26.0 Å². The molecule has 0 saturated heterocycles. The van der Waals surface area contributed by atoms with Crippen LogP contribution in [0, 0.1) is 0 Å². The Hall–Kier alpha value is -2.15. The van der Waals surface area contributed by atoms with E-state index in [1.807, 2.05) is 6.07 Å². The van der Waals surface area contributed by atoms with Gasteiger partial charge >= 0.3 is 0 Å². The number of ether oxygens (including phenoxy) is 2. The molecule has 0 atom stereocenters. The van der Waals surface area contributed by atoms with Crippen LogP contribution in [0.4, 0.5) is 0 Å². The fourth-order valence-electron chi connectivity index (χ4n) is 1.59. The SMILES string of the molecule is COc1cc(OC)nc(S(=O)(=O)Cc2ccccc2)n1. The highest BCUT2D eigenvalue weighted by atomic mass is 32.2. The van der Waals surface area contributed by atoms with Crippen LogP contribution in [-0.4, -0.2) is 32.6 Å². The van der Waals surface area contributed by atoms with Crippen molar-refractivity contribution in [2.24, 2.45) is 0 Å². The van der Waals surface area contributed by atoms with Crippen molar-refractivity contribution in [2.75, 3.05) is 14.2 Å². The Balaban J connectivity index is 2.38. The molecule has 0 aliphatic rings. The van der Waals surface area contributed by atoms with Crippen molar-refractivity contribution in [1.82, 2.24) is 9.97 Å². The van der Waals surface area contributed by atoms with Gasteiger partial charge in [0.15, 0.2) is 0 Å². The van der Waals surface area contributed by atoms with E-state index in [9.17, 15) is 8.42 Å². The van der Waals surface area contributed by atoms with E-state index in [0.717, 1.165) is 0 Å². The predicted octanol–water partition coefficient (Wildman–Crippen LogP) is 1.47. The Labute approximate surface area is 117 Å². The number of hydrogen-bond donors (Lipinski definition) is 0. The summed E-state index contributed by atoms with van der Waals surface area (Å²) in [6.07, 6.45) is 0. The quantitative estimate of drug-likeness (QED) is 0.777. The van der Waals surface area contributed by atoms with E-state index in [1.54, 1.807) is 24.3 Å². The van der Waals surface area contributed by atoms with Crippen LogP contribution in [0.3, 0.4) is 0 Å². The van der Waals surface area contributed by atoms with Crippen LogP contribution in [0.25, 0.3) is 0 Å². The maximum atomic E-state index is 12.3. The third kappa shape index (κ3) is 3.24. The summed E-state index contributed by atoms with van der Waals surface area (Å²) in [5, 5.41) is -0.308. The first-order valence-corrected chi connectivity index (χ1v) is 7.44. The average molecular weight is 294 g/mol. The molecular weight excluding hydrogens is 280 g/mol. The molecule has 1 heterocycles. The number of methoxy groups -OCH3 is 2. The Morgan fingerprint density at radius 3 is 2.05 bits per heavy atom. The number of hydrogen-bond acceptors (Lipinski definition) is 6. The first kappa shape index (κ1) is 14.3. The molecule has 1 aromatic heterocycles. The molecule has 106 valence electrons. The number of benzene rings is 1. The van der Waals surface area contributed by atoms with Crippen LogP contribution in [0.15, 0.2) is 41.6 Å². The molecule has 0 saturated carbocycles. The lowest BCUT2D eigenvalue weighted by atomic mass is 10.2. The zero-order valence-electron chi connectivity index (χ0n) is 11.1. The van der Waals surface area contributed by atoms with E-state index in [0.29, 0.717) is 5.56 Å². The van der Waals surface area contributed by atoms with Crippen LogP contribution in [0.2, 0.25) is 0 Å². The molecule has 20 heavy (non-hydrogen) atoms. The Kier molecular flexibility index (Phi) is 4.19. The number of aromatic nitrogens is 2. The largest absolute Gasteiger partial charge is 0.481 e. The van der Waals surface area contributed by atoms with Crippen LogP contribution in [-0.2, 0) is 15.6 Å². The minimum atomic E-state index is -3.66. The van der Waals surface area contributed by atoms with Crippen LogP contribution in [0.1, 0.15) is 5.56 Å². The summed E-state index contributed by atoms with van der Waals surface area (Å²) >= 11 is 0. The van der Waals surface area contributed by atoms with E-state index in [-0.39, 0.29) is 22.7 Å². The standard InChI is InChI=1S/C13H14N2O4S/c1-18-11-8-12(19-2)15-13(14-11)20(16,17)9-10-6-4-3-5-7-10/h3-8H,9H2,1-2H3. The summed E-state index contributed by atoms with van der Waals surface area (Å²) in [5.41, 5.74) is 0.665. The smallest absolute Gasteiger partial charge is 0.254 e. The molecule has 1 aromatic carbocycles. The van der Waals surface area contributed by atoms with Gasteiger partial charge < -0.3 is 9.47 Å². The van der Waals surface area contributed by atoms with Crippen molar-refractivity contribution < 1.29 is 17.9 Å². The van der Waals surface area contributed by atoms with Crippen molar-refractivity contribution in [2.45, 2.75) is 10.9 Å². The maximum absolute atomic E-state index is 12.3. The third-order valence-corrected chi connectivity index (χ3v) is 4.01. The second-order valence-corrected chi connectivity index (χ2v) is 5.86. The topological polar surface area (TPSA) is 78.4 Å². The Morgan fingerprint density at radius 1 is 1.00 bits per heavy atom. The van der Waals surface area contributed by atoms with Crippen LogP contribution in [0.5, 0.6) is 11.8 Å². The molecule has 0 aliphatic carbocycles. The zero-order chi connectivity index (χ0) is 14.6. The summed E-state index contributed by atoms with van der Waals surface area (Å²) in [4.78, 5) is 7.73. The monoisotopic (exact) mass is 294 g/mol. The van der Waals surface area contributed by atoms with Crippen LogP contribution < -0.4 is 9.47 Å². The van der Waals surface area contributed by atoms with Gasteiger partial charge in [0.1, 0.15) is 0 Å². The van der Waals surface area contributed by atoms with Gasteiger partial charge in [-0.05, 0) is 5.56 Å². The average Bonchev–Trinajstić information content (AvgIpc) is 2.47. The highest BCUT2D eigenvalue weighted by Gasteiger charge is 2.21. The van der Waals surface area contributed by atoms with Gasteiger partial charge in [-0.1, -0.05) is 30.3 Å². The highest BCUT2D eigenvalue weighted by molar-refractivity contribution is 7.90. The third-order valence-electron chi connectivity index (χ3n) is 2.55. The lowest BCUT2D eigenvalue weighted by molar-refractivity contribution is 0.362. The highest BCUT2D eigenvalue weighted by Crippen LogP contribution is 2.20. The number of rotatable bonds is 5. The summed E-state index contributed by atoms with van der Waals surface area (Å²) in [7, 11) is -0.864. The van der Waals surface area contributed by atoms with E-state index >= 15 is 0 Å². The van der Waals surface area contributed by atoms with Crippen molar-refractivity contribution in [1.29, 1.82) is 0 Å². The second-order valence-electron chi connectivity index (χ2n) is 3.98. The lowest BCUT2D eigenvalue weighted by Gasteiger charge is -2.07. The zero-order valence-corrected chi connectivity index (χ0v) is 11.9. The van der Waals surface area contributed by atoms with E-state index in [1.165, 1.54) is 20.3 Å². The normalized spacial score (nSPS) is 11.1. The van der Waals surface area contributed by atoms with Crippen LogP contribution >= 0.6 is 0 Å². The van der Waals surface area contributed by atoms with Gasteiger partial charge in [-0.3, -0.25) is 0 Å². The number of nitrogens with zero attached hydrogens (tertiary/aromatic N) is 2. The molecule has 0 spiro atoms. The summed E-state index contributed by atoms with van der Waals surface area (Å²) in [6, 6.07) is 10.3. The van der Waals surface area contributed by atoms with Gasteiger partial charge in [-0.15, -0.1) is 0 Å². The second kappa shape index (κ2) is 5.87. The Morgan fingerprint density at radius 2 is 1.55 bits per heavy atom. The van der Waals surface area contributed by atoms with Gasteiger partial charge in [-0.25, -0.2) is 8.42 Å². The lowest BCUT2D eigenvalue weighted by Crippen LogP contribution is -2.11. The number of sulfone groups is 1. The van der Waals surface area contributed by atoms with Crippen molar-refractivity contribution in [3.63, 3.8) is 0 Å². The molecule has 0 N–H and O–H groups in total. The van der Waals surface area contributed by atoms with Crippen molar-refractivity contribution >= 4 is 9.84 Å². The molecule has 0 amide bonds. The molecule has 0 fully saturated rings. The molecule has 0 bridgehead atoms. The molecular formula is C13H14N2O4S. The van der Waals surface area contributed by atoms with E-state index in [2.05, 4.69) is 9.97 Å². The maximum Gasteiger partial charge on any atom is 0.254 e. The minimum Gasteiger partial charge on any atom is -0.481 e. The molecule has 0 aliphatic heterocycles. The first-order chi connectivity index (χ1) is 9.55. The fourth-order valence-corrected chi connectivity index (χ4v) is 2.81. The van der Waals surface area contributed by atoms with Gasteiger partial charge in [0, 0.05) is 0 Å². The molecule has 2 rings (SSSR count). The first-order valence-electron chi connectivity index (χ1n) is 5.79. The van der Waals surface area contributed by atoms with E-state index < -0.39 is 9.84 Å². The summed E-state index contributed by atoms with van der Waals surface area (Å²) < 4.78 is 34.5. The summed E-state index contributed by atoms with van der Waals surface area (Å²) in [5.74, 6) is 0.108. The molecule has 7 heteroatoms. The van der Waals surface area contributed by atoms with Crippen molar-refractivity contribution in [3.05, 3.63) is 42.0 Å². The Bertz CT molecular complexity index is 665. The predicted molar refractivity (Wildman–Crippen MR) is 72.5 cm³/mol. The van der Waals surface area contributed by atoms with Gasteiger partial charge in [0.2, 0.25) is 21.6 Å². The van der Waals surface area contributed by atoms with Crippen molar-refractivity contribution in [3.8, 4) is 11.8 Å². The van der Waals surface area contributed by atoms with E-state index in [4.69, 9.17) is 9.47 Å². The van der Waals surface area contributed by atoms with Gasteiger partial charge in [0.25, 0.3) is 5.16 Å².